The first kappa shape index (κ1) is 8.84. The van der Waals surface area contributed by atoms with Crippen LogP contribution in [0.5, 0.6) is 0 Å². The van der Waals surface area contributed by atoms with Crippen LogP contribution in [0, 0.1) is 0 Å². The van der Waals surface area contributed by atoms with Crippen LogP contribution in [0.3, 0.4) is 0 Å². The molecule has 0 aromatic heterocycles. The monoisotopic (exact) mass is 134 g/mol. The van der Waals surface area contributed by atoms with E-state index in [4.69, 9.17) is 11.0 Å². The normalized spacial score (nSPS) is 13.7. The summed E-state index contributed by atoms with van der Waals surface area (Å²) >= 11 is 0. The summed E-state index contributed by atoms with van der Waals surface area (Å²) in [6.45, 7) is 3.54. The Morgan fingerprint density at radius 2 is 2.44 bits per heavy atom. The van der Waals surface area contributed by atoms with Crippen molar-refractivity contribution in [2.45, 2.75) is 13.0 Å². The summed E-state index contributed by atoms with van der Waals surface area (Å²) in [6, 6.07) is 0. The van der Waals surface area contributed by atoms with Crippen molar-refractivity contribution in [1.82, 2.24) is 5.32 Å². The molecule has 0 aromatic rings. The third kappa shape index (κ3) is 5.72. The van der Waals surface area contributed by atoms with E-state index in [0.29, 0.717) is 6.54 Å². The van der Waals surface area contributed by atoms with E-state index in [1.165, 1.54) is 0 Å². The zero-order valence-electron chi connectivity index (χ0n) is 5.63. The lowest BCUT2D eigenvalue weighted by molar-refractivity contribution is 0.0372. The third-order valence-corrected chi connectivity index (χ3v) is 0.919. The average Bonchev–Trinajstić information content (AvgIpc) is 1.85. The van der Waals surface area contributed by atoms with Gasteiger partial charge in [0.25, 0.3) is 0 Å². The van der Waals surface area contributed by atoms with Crippen molar-refractivity contribution in [3.05, 3.63) is 0 Å². The van der Waals surface area contributed by atoms with Gasteiger partial charge < -0.3 is 15.3 Å². The molecule has 4 nitrogen and oxygen atoms in total. The quantitative estimate of drug-likeness (QED) is 0.415. The molecule has 0 aliphatic carbocycles. The first-order chi connectivity index (χ1) is 4.31. The second kappa shape index (κ2) is 5.97. The molecule has 0 rings (SSSR count). The zero-order chi connectivity index (χ0) is 7.11. The van der Waals surface area contributed by atoms with Crippen molar-refractivity contribution in [3.63, 3.8) is 0 Å². The number of aliphatic hydroxyl groups excluding tert-OH is 1. The predicted molar refractivity (Wildman–Crippen MR) is 34.7 cm³/mol. The number of aliphatic hydroxyl groups is 1. The first-order valence-corrected chi connectivity index (χ1v) is 3.01. The minimum atomic E-state index is -0.491. The highest BCUT2D eigenvalue weighted by atomic mass is 16.6. The van der Waals surface area contributed by atoms with Crippen molar-refractivity contribution < 1.29 is 9.94 Å². The van der Waals surface area contributed by atoms with Crippen LogP contribution in [0.4, 0.5) is 0 Å². The number of hydrogen-bond donors (Lipinski definition) is 3. The summed E-state index contributed by atoms with van der Waals surface area (Å²) in [7, 11) is 0. The van der Waals surface area contributed by atoms with Gasteiger partial charge >= 0.3 is 0 Å². The second-order valence-corrected chi connectivity index (χ2v) is 1.79. The maximum absolute atomic E-state index is 8.91. The number of hydrogen-bond acceptors (Lipinski definition) is 4. The smallest absolute Gasteiger partial charge is 0.0951 e. The van der Waals surface area contributed by atoms with E-state index in [-0.39, 0.29) is 6.61 Å². The zero-order valence-corrected chi connectivity index (χ0v) is 5.63. The number of nitrogens with one attached hydrogen (secondary N) is 1. The van der Waals surface area contributed by atoms with Gasteiger partial charge in [-0.15, -0.1) is 0 Å². The maximum Gasteiger partial charge on any atom is 0.0951 e. The Kier molecular flexibility index (Phi) is 5.86. The Morgan fingerprint density at radius 1 is 1.78 bits per heavy atom. The summed E-state index contributed by atoms with van der Waals surface area (Å²) < 4.78 is 0. The van der Waals surface area contributed by atoms with Gasteiger partial charge in [-0.05, 0) is 6.54 Å². The second-order valence-electron chi connectivity index (χ2n) is 1.79. The van der Waals surface area contributed by atoms with Crippen LogP contribution in [-0.4, -0.2) is 30.9 Å². The largest absolute Gasteiger partial charge is 0.389 e. The van der Waals surface area contributed by atoms with Crippen molar-refractivity contribution in [1.29, 1.82) is 0 Å². The molecule has 0 fully saturated rings. The van der Waals surface area contributed by atoms with Crippen LogP contribution >= 0.6 is 0 Å². The Bertz CT molecular complexity index is 60.9. The minimum Gasteiger partial charge on any atom is -0.389 e. The molecule has 1 atom stereocenters. The Morgan fingerprint density at radius 3 is 2.89 bits per heavy atom. The van der Waals surface area contributed by atoms with Crippen molar-refractivity contribution >= 4 is 0 Å². The summed E-state index contributed by atoms with van der Waals surface area (Å²) in [4.78, 5) is 4.21. The molecule has 0 spiro atoms. The molecule has 9 heavy (non-hydrogen) atoms. The van der Waals surface area contributed by atoms with Crippen molar-refractivity contribution in [2.24, 2.45) is 5.90 Å². The standard InChI is InChI=1S/C5H14N2O2/c1-2-7-3-5(8)4-9-6/h5,7-8H,2-4,6H2,1H3. The molecule has 0 saturated heterocycles. The van der Waals surface area contributed by atoms with Crippen LogP contribution in [-0.2, 0) is 4.84 Å². The van der Waals surface area contributed by atoms with Gasteiger partial charge in [0, 0.05) is 6.54 Å². The molecule has 0 bridgehead atoms. The van der Waals surface area contributed by atoms with Crippen molar-refractivity contribution in [2.75, 3.05) is 19.7 Å². The van der Waals surface area contributed by atoms with Gasteiger partial charge in [0.15, 0.2) is 0 Å². The number of rotatable bonds is 5. The summed E-state index contributed by atoms with van der Waals surface area (Å²) in [5.74, 6) is 4.71. The lowest BCUT2D eigenvalue weighted by Gasteiger charge is -2.07. The van der Waals surface area contributed by atoms with E-state index < -0.39 is 6.10 Å². The van der Waals surface area contributed by atoms with E-state index in [1.54, 1.807) is 0 Å². The van der Waals surface area contributed by atoms with E-state index in [2.05, 4.69) is 10.2 Å². The van der Waals surface area contributed by atoms with Crippen LogP contribution in [0.2, 0.25) is 0 Å². The molecule has 0 saturated carbocycles. The molecule has 0 aliphatic heterocycles. The Labute approximate surface area is 55.0 Å². The molecule has 4 heteroatoms. The minimum absolute atomic E-state index is 0.188. The summed E-state index contributed by atoms with van der Waals surface area (Å²) in [6.07, 6.45) is -0.491. The van der Waals surface area contributed by atoms with Gasteiger partial charge in [-0.2, -0.15) is 0 Å². The van der Waals surface area contributed by atoms with Crippen LogP contribution in [0.15, 0.2) is 0 Å². The van der Waals surface area contributed by atoms with Crippen LogP contribution in [0.25, 0.3) is 0 Å². The SMILES string of the molecule is CCNCC(O)CON. The molecule has 0 aromatic carbocycles. The fourth-order valence-corrected chi connectivity index (χ4v) is 0.481. The first-order valence-electron chi connectivity index (χ1n) is 3.01. The fraction of sp³-hybridized carbons (Fsp3) is 1.00. The van der Waals surface area contributed by atoms with Gasteiger partial charge in [0.05, 0.1) is 12.7 Å². The predicted octanol–water partition coefficient (Wildman–Crippen LogP) is -1.15. The van der Waals surface area contributed by atoms with E-state index in [9.17, 15) is 0 Å². The average molecular weight is 134 g/mol. The molecule has 0 aliphatic rings. The molecule has 0 amide bonds. The summed E-state index contributed by atoms with van der Waals surface area (Å²) in [5, 5.41) is 11.9. The highest BCUT2D eigenvalue weighted by Crippen LogP contribution is 1.77. The molecule has 56 valence electrons. The highest BCUT2D eigenvalue weighted by Gasteiger charge is 1.99. The lowest BCUT2D eigenvalue weighted by Crippen LogP contribution is -2.31. The third-order valence-electron chi connectivity index (χ3n) is 0.919. The van der Waals surface area contributed by atoms with Gasteiger partial charge in [-0.3, -0.25) is 0 Å². The fourth-order valence-electron chi connectivity index (χ4n) is 0.481. The van der Waals surface area contributed by atoms with Gasteiger partial charge in [-0.1, -0.05) is 6.92 Å². The lowest BCUT2D eigenvalue weighted by atomic mass is 10.4. The Balaban J connectivity index is 2.95. The van der Waals surface area contributed by atoms with E-state index in [1.807, 2.05) is 6.92 Å². The molecule has 0 heterocycles. The maximum atomic E-state index is 8.91. The molecular formula is C5H14N2O2. The summed E-state index contributed by atoms with van der Waals surface area (Å²) in [5.41, 5.74) is 0. The molecule has 1 unspecified atom stereocenters. The molecule has 0 radical (unpaired) electrons. The van der Waals surface area contributed by atoms with Gasteiger partial charge in [0.1, 0.15) is 0 Å². The van der Waals surface area contributed by atoms with Crippen LogP contribution in [0.1, 0.15) is 6.92 Å². The molecule has 4 N–H and O–H groups in total. The highest BCUT2D eigenvalue weighted by molar-refractivity contribution is 4.55. The Hall–Kier alpha value is -0.160. The van der Waals surface area contributed by atoms with Crippen LogP contribution < -0.4 is 11.2 Å². The van der Waals surface area contributed by atoms with E-state index in [0.717, 1.165) is 6.54 Å². The number of nitrogens with two attached hydrogens (primary N) is 1. The van der Waals surface area contributed by atoms with E-state index >= 15 is 0 Å². The van der Waals surface area contributed by atoms with Gasteiger partial charge in [0.2, 0.25) is 0 Å². The number of likely N-dealkylation sites (N-methyl/N-ethyl adjacent to an activating group) is 1. The van der Waals surface area contributed by atoms with Crippen molar-refractivity contribution in [3.8, 4) is 0 Å². The molecular weight excluding hydrogens is 120 g/mol. The van der Waals surface area contributed by atoms with Gasteiger partial charge in [-0.25, -0.2) is 5.90 Å². The topological polar surface area (TPSA) is 67.5 Å².